The molecule has 3 nitrogen and oxygen atoms in total. The van der Waals surface area contributed by atoms with Crippen LogP contribution in [0.4, 0.5) is 0 Å². The Bertz CT molecular complexity index is 227. The normalized spacial score (nSPS) is 16.9. The molecule has 0 bridgehead atoms. The Balaban J connectivity index is 0.00000289. The summed E-state index contributed by atoms with van der Waals surface area (Å²) >= 11 is 0. The van der Waals surface area contributed by atoms with Crippen LogP contribution < -0.4 is 10.6 Å². The maximum atomic E-state index is 4.27. The third-order valence-electron chi connectivity index (χ3n) is 3.58. The van der Waals surface area contributed by atoms with Gasteiger partial charge in [-0.1, -0.05) is 33.1 Å². The molecule has 1 aliphatic carbocycles. The molecule has 4 heteroatoms. The molecule has 18 heavy (non-hydrogen) atoms. The number of nitrogens with one attached hydrogen (secondary N) is 2. The van der Waals surface area contributed by atoms with Crippen LogP contribution in [0.25, 0.3) is 0 Å². The standard InChI is InChI=1S/C14H29N3.HI/c1-4-6-7-12(5-2)10-16-14(15-3)17-11-13-8-9-13;/h12-13H,4-11H2,1-3H3,(H2,15,16,17);1H. The Morgan fingerprint density at radius 2 is 2.00 bits per heavy atom. The highest BCUT2D eigenvalue weighted by molar-refractivity contribution is 14.0. The van der Waals surface area contributed by atoms with Crippen molar-refractivity contribution in [3.8, 4) is 0 Å². The molecule has 0 aromatic carbocycles. The average Bonchev–Trinajstić information content (AvgIpc) is 3.17. The molecular weight excluding hydrogens is 337 g/mol. The maximum Gasteiger partial charge on any atom is 0.190 e. The summed E-state index contributed by atoms with van der Waals surface area (Å²) in [6, 6.07) is 0. The average molecular weight is 367 g/mol. The zero-order valence-corrected chi connectivity index (χ0v) is 14.5. The molecule has 1 rings (SSSR count). The fourth-order valence-corrected chi connectivity index (χ4v) is 1.97. The molecule has 1 atom stereocenters. The quantitative estimate of drug-likeness (QED) is 0.392. The van der Waals surface area contributed by atoms with Crippen molar-refractivity contribution >= 4 is 29.9 Å². The zero-order chi connectivity index (χ0) is 12.5. The molecule has 1 aliphatic rings. The monoisotopic (exact) mass is 367 g/mol. The van der Waals surface area contributed by atoms with Gasteiger partial charge in [-0.15, -0.1) is 24.0 Å². The molecule has 0 amide bonds. The Kier molecular flexibility index (Phi) is 10.9. The van der Waals surface area contributed by atoms with Crippen molar-refractivity contribution in [3.63, 3.8) is 0 Å². The predicted octanol–water partition coefficient (Wildman–Crippen LogP) is 3.40. The second-order valence-electron chi connectivity index (χ2n) is 5.19. The van der Waals surface area contributed by atoms with Crippen LogP contribution in [-0.4, -0.2) is 26.1 Å². The fraction of sp³-hybridized carbons (Fsp3) is 0.929. The topological polar surface area (TPSA) is 36.4 Å². The molecule has 0 radical (unpaired) electrons. The van der Waals surface area contributed by atoms with Gasteiger partial charge in [0, 0.05) is 20.1 Å². The smallest absolute Gasteiger partial charge is 0.190 e. The summed E-state index contributed by atoms with van der Waals surface area (Å²) in [6.45, 7) is 6.69. The largest absolute Gasteiger partial charge is 0.356 e. The first kappa shape index (κ1) is 18.0. The van der Waals surface area contributed by atoms with E-state index < -0.39 is 0 Å². The van der Waals surface area contributed by atoms with E-state index in [1.807, 2.05) is 7.05 Å². The lowest BCUT2D eigenvalue weighted by Gasteiger charge is -2.17. The molecule has 108 valence electrons. The van der Waals surface area contributed by atoms with E-state index in [1.165, 1.54) is 38.5 Å². The minimum atomic E-state index is 0. The number of unbranched alkanes of at least 4 members (excludes halogenated alkanes) is 1. The van der Waals surface area contributed by atoms with Gasteiger partial charge in [-0.3, -0.25) is 4.99 Å². The van der Waals surface area contributed by atoms with E-state index in [2.05, 4.69) is 29.5 Å². The van der Waals surface area contributed by atoms with Gasteiger partial charge in [-0.05, 0) is 31.1 Å². The SMILES string of the molecule is CCCCC(CC)CNC(=NC)NCC1CC1.I. The first-order valence-electron chi connectivity index (χ1n) is 7.24. The van der Waals surface area contributed by atoms with Gasteiger partial charge in [0.15, 0.2) is 5.96 Å². The molecule has 1 saturated carbocycles. The molecule has 0 saturated heterocycles. The number of halogens is 1. The van der Waals surface area contributed by atoms with E-state index in [9.17, 15) is 0 Å². The lowest BCUT2D eigenvalue weighted by Crippen LogP contribution is -2.40. The Labute approximate surface area is 130 Å². The Morgan fingerprint density at radius 1 is 1.28 bits per heavy atom. The highest BCUT2D eigenvalue weighted by Gasteiger charge is 2.21. The number of rotatable bonds is 8. The van der Waals surface area contributed by atoms with Crippen LogP contribution in [0.5, 0.6) is 0 Å². The van der Waals surface area contributed by atoms with Crippen LogP contribution in [0.3, 0.4) is 0 Å². The number of nitrogens with zero attached hydrogens (tertiary/aromatic N) is 1. The van der Waals surface area contributed by atoms with Gasteiger partial charge < -0.3 is 10.6 Å². The number of hydrogen-bond donors (Lipinski definition) is 2. The van der Waals surface area contributed by atoms with E-state index in [1.54, 1.807) is 0 Å². The van der Waals surface area contributed by atoms with Gasteiger partial charge in [0.2, 0.25) is 0 Å². The van der Waals surface area contributed by atoms with Gasteiger partial charge >= 0.3 is 0 Å². The molecule has 0 aromatic rings. The molecule has 1 unspecified atom stereocenters. The van der Waals surface area contributed by atoms with Crippen LogP contribution in [0.1, 0.15) is 52.4 Å². The van der Waals surface area contributed by atoms with Gasteiger partial charge in [0.05, 0.1) is 0 Å². The minimum absolute atomic E-state index is 0. The highest BCUT2D eigenvalue weighted by Crippen LogP contribution is 2.27. The van der Waals surface area contributed by atoms with Crippen LogP contribution in [0, 0.1) is 11.8 Å². The van der Waals surface area contributed by atoms with Crippen LogP contribution in [-0.2, 0) is 0 Å². The van der Waals surface area contributed by atoms with Crippen molar-refractivity contribution in [2.24, 2.45) is 16.8 Å². The molecular formula is C14H30IN3. The number of guanidine groups is 1. The highest BCUT2D eigenvalue weighted by atomic mass is 127. The maximum absolute atomic E-state index is 4.27. The van der Waals surface area contributed by atoms with Crippen molar-refractivity contribution < 1.29 is 0 Å². The van der Waals surface area contributed by atoms with Crippen molar-refractivity contribution in [2.45, 2.75) is 52.4 Å². The van der Waals surface area contributed by atoms with Crippen molar-refractivity contribution in [3.05, 3.63) is 0 Å². The van der Waals surface area contributed by atoms with Crippen molar-refractivity contribution in [1.29, 1.82) is 0 Å². The zero-order valence-electron chi connectivity index (χ0n) is 12.2. The summed E-state index contributed by atoms with van der Waals surface area (Å²) in [5, 5.41) is 6.86. The minimum Gasteiger partial charge on any atom is -0.356 e. The van der Waals surface area contributed by atoms with Crippen LogP contribution in [0.2, 0.25) is 0 Å². The number of aliphatic imine (C=N–C) groups is 1. The van der Waals surface area contributed by atoms with E-state index in [4.69, 9.17) is 0 Å². The van der Waals surface area contributed by atoms with Crippen molar-refractivity contribution in [2.75, 3.05) is 20.1 Å². The van der Waals surface area contributed by atoms with Gasteiger partial charge in [-0.25, -0.2) is 0 Å². The summed E-state index contributed by atoms with van der Waals surface area (Å²) in [4.78, 5) is 4.27. The summed E-state index contributed by atoms with van der Waals surface area (Å²) in [6.07, 6.45) is 8.00. The molecule has 0 aliphatic heterocycles. The first-order chi connectivity index (χ1) is 8.30. The van der Waals surface area contributed by atoms with E-state index in [0.29, 0.717) is 0 Å². The molecule has 0 heterocycles. The Morgan fingerprint density at radius 3 is 2.50 bits per heavy atom. The summed E-state index contributed by atoms with van der Waals surface area (Å²) < 4.78 is 0. The summed E-state index contributed by atoms with van der Waals surface area (Å²) in [5.41, 5.74) is 0. The van der Waals surface area contributed by atoms with E-state index in [0.717, 1.165) is 30.9 Å². The van der Waals surface area contributed by atoms with Gasteiger partial charge in [0.25, 0.3) is 0 Å². The summed E-state index contributed by atoms with van der Waals surface area (Å²) in [5.74, 6) is 2.66. The van der Waals surface area contributed by atoms with E-state index in [-0.39, 0.29) is 24.0 Å². The van der Waals surface area contributed by atoms with Gasteiger partial charge in [-0.2, -0.15) is 0 Å². The second kappa shape index (κ2) is 10.9. The van der Waals surface area contributed by atoms with Gasteiger partial charge in [0.1, 0.15) is 0 Å². The van der Waals surface area contributed by atoms with Crippen LogP contribution in [0.15, 0.2) is 4.99 Å². The lowest BCUT2D eigenvalue weighted by molar-refractivity contribution is 0.443. The summed E-state index contributed by atoms with van der Waals surface area (Å²) in [7, 11) is 1.86. The molecule has 0 aromatic heterocycles. The molecule has 1 fully saturated rings. The fourth-order valence-electron chi connectivity index (χ4n) is 1.97. The molecule has 0 spiro atoms. The van der Waals surface area contributed by atoms with Crippen molar-refractivity contribution in [1.82, 2.24) is 10.6 Å². The second-order valence-corrected chi connectivity index (χ2v) is 5.19. The Hall–Kier alpha value is 0. The number of hydrogen-bond acceptors (Lipinski definition) is 1. The third kappa shape index (κ3) is 8.16. The third-order valence-corrected chi connectivity index (χ3v) is 3.58. The van der Waals surface area contributed by atoms with E-state index >= 15 is 0 Å². The first-order valence-corrected chi connectivity index (χ1v) is 7.24. The lowest BCUT2D eigenvalue weighted by atomic mass is 9.99. The molecule has 2 N–H and O–H groups in total. The predicted molar refractivity (Wildman–Crippen MR) is 90.8 cm³/mol. The van der Waals surface area contributed by atoms with Crippen LogP contribution >= 0.6 is 24.0 Å².